The largest absolute Gasteiger partial charge is 0.454 e. The lowest BCUT2D eigenvalue weighted by molar-refractivity contribution is -0.136. The highest BCUT2D eigenvalue weighted by atomic mass is 79.9. The highest BCUT2D eigenvalue weighted by molar-refractivity contribution is 9.10. The zero-order chi connectivity index (χ0) is 18.6. The number of ether oxygens (including phenoxy) is 1. The summed E-state index contributed by atoms with van der Waals surface area (Å²) in [4.78, 5) is 48.8. The molecule has 0 saturated carbocycles. The third kappa shape index (κ3) is 4.54. The zero-order valence-electron chi connectivity index (χ0n) is 13.1. The molecule has 1 aromatic heterocycles. The van der Waals surface area contributed by atoms with Gasteiger partial charge >= 0.3 is 11.7 Å². The van der Waals surface area contributed by atoms with Crippen LogP contribution in [-0.4, -0.2) is 27.9 Å². The first-order chi connectivity index (χ1) is 11.8. The van der Waals surface area contributed by atoms with Crippen LogP contribution in [0.5, 0.6) is 0 Å². The van der Waals surface area contributed by atoms with Crippen LogP contribution in [-0.2, 0) is 16.6 Å². The Hall–Kier alpha value is -2.94. The van der Waals surface area contributed by atoms with Crippen LogP contribution in [0.2, 0.25) is 0 Å². The third-order valence-corrected chi connectivity index (χ3v) is 3.75. The number of hydrogen-bond donors (Lipinski definition) is 2. The normalized spacial score (nSPS) is 10.8. The van der Waals surface area contributed by atoms with Gasteiger partial charge in [0.05, 0.1) is 0 Å². The first kappa shape index (κ1) is 18.4. The van der Waals surface area contributed by atoms with Crippen molar-refractivity contribution in [3.05, 3.63) is 66.8 Å². The number of carbonyl (C=O) groups excluding carboxylic acids is 2. The van der Waals surface area contributed by atoms with E-state index in [4.69, 9.17) is 10.5 Å². The molecule has 1 heterocycles. The Morgan fingerprint density at radius 2 is 2.08 bits per heavy atom. The number of nitrogens with two attached hydrogens (primary N) is 1. The van der Waals surface area contributed by atoms with Crippen molar-refractivity contribution in [2.45, 2.75) is 0 Å². The smallest absolute Gasteiger partial charge is 0.331 e. The van der Waals surface area contributed by atoms with Gasteiger partial charge in [-0.2, -0.15) is 0 Å². The van der Waals surface area contributed by atoms with E-state index in [1.165, 1.54) is 13.1 Å². The molecule has 0 fully saturated rings. The van der Waals surface area contributed by atoms with Gasteiger partial charge in [0, 0.05) is 17.6 Å². The summed E-state index contributed by atoms with van der Waals surface area (Å²) in [6.45, 7) is -0.673. The number of carbonyl (C=O) groups is 2. The van der Waals surface area contributed by atoms with E-state index in [9.17, 15) is 19.2 Å². The highest BCUT2D eigenvalue weighted by Gasteiger charge is 2.19. The fourth-order valence-corrected chi connectivity index (χ4v) is 2.35. The number of hydrogen-bond acceptors (Lipinski definition) is 6. The standard InChI is InChI=1S/C16H14BrN3O5/c1-20-14(18)13(15(23)19-16(20)24)11(21)8-25-12(22)6-5-9-3-2-4-10(17)7-9/h2-7H,8,18H2,1H3,(H,19,23,24)/b6-5+. The molecule has 0 radical (unpaired) electrons. The molecule has 8 nitrogen and oxygen atoms in total. The molecule has 0 aliphatic carbocycles. The quantitative estimate of drug-likeness (QED) is 0.430. The Balaban J connectivity index is 2.05. The molecular weight excluding hydrogens is 394 g/mol. The minimum Gasteiger partial charge on any atom is -0.454 e. The van der Waals surface area contributed by atoms with Gasteiger partial charge in [0.15, 0.2) is 6.61 Å². The number of nitrogens with one attached hydrogen (secondary N) is 1. The van der Waals surface area contributed by atoms with Crippen LogP contribution < -0.4 is 17.0 Å². The van der Waals surface area contributed by atoms with Crippen molar-refractivity contribution in [1.82, 2.24) is 9.55 Å². The first-order valence-corrected chi connectivity index (χ1v) is 7.81. The highest BCUT2D eigenvalue weighted by Crippen LogP contribution is 2.12. The number of ketones is 1. The van der Waals surface area contributed by atoms with Gasteiger partial charge in [0.1, 0.15) is 11.4 Å². The van der Waals surface area contributed by atoms with E-state index in [2.05, 4.69) is 15.9 Å². The summed E-state index contributed by atoms with van der Waals surface area (Å²) in [6.07, 6.45) is 2.67. The Labute approximate surface area is 150 Å². The maximum absolute atomic E-state index is 12.1. The van der Waals surface area contributed by atoms with Crippen LogP contribution in [0, 0.1) is 0 Å². The topological polar surface area (TPSA) is 124 Å². The summed E-state index contributed by atoms with van der Waals surface area (Å²) in [6, 6.07) is 7.21. The van der Waals surface area contributed by atoms with E-state index in [0.717, 1.165) is 20.7 Å². The molecule has 0 saturated heterocycles. The molecule has 9 heteroatoms. The van der Waals surface area contributed by atoms with Crippen LogP contribution in [0.3, 0.4) is 0 Å². The molecule has 0 spiro atoms. The van der Waals surface area contributed by atoms with Crippen molar-refractivity contribution >= 4 is 39.6 Å². The molecular formula is C16H14BrN3O5. The Morgan fingerprint density at radius 3 is 2.76 bits per heavy atom. The van der Waals surface area contributed by atoms with Crippen LogP contribution in [0.4, 0.5) is 5.82 Å². The first-order valence-electron chi connectivity index (χ1n) is 7.02. The van der Waals surface area contributed by atoms with E-state index < -0.39 is 35.2 Å². The van der Waals surface area contributed by atoms with E-state index in [1.54, 1.807) is 18.2 Å². The van der Waals surface area contributed by atoms with E-state index in [1.807, 2.05) is 11.1 Å². The van der Waals surface area contributed by atoms with Gasteiger partial charge < -0.3 is 10.5 Å². The van der Waals surface area contributed by atoms with Gasteiger partial charge in [-0.25, -0.2) is 9.59 Å². The maximum Gasteiger partial charge on any atom is 0.331 e. The summed E-state index contributed by atoms with van der Waals surface area (Å²) in [7, 11) is 1.30. The number of nitrogens with zero attached hydrogens (tertiary/aromatic N) is 1. The summed E-state index contributed by atoms with van der Waals surface area (Å²) in [5.41, 5.74) is 4.27. The minimum atomic E-state index is -0.925. The molecule has 130 valence electrons. The van der Waals surface area contributed by atoms with Gasteiger partial charge in [0.2, 0.25) is 5.78 Å². The minimum absolute atomic E-state index is 0.292. The average Bonchev–Trinajstić information content (AvgIpc) is 2.56. The number of anilines is 1. The molecule has 0 aliphatic heterocycles. The lowest BCUT2D eigenvalue weighted by Gasteiger charge is -2.07. The fourth-order valence-electron chi connectivity index (χ4n) is 1.94. The van der Waals surface area contributed by atoms with Crippen molar-refractivity contribution in [3.63, 3.8) is 0 Å². The van der Waals surface area contributed by atoms with Gasteiger partial charge in [-0.05, 0) is 23.8 Å². The summed E-state index contributed by atoms with van der Waals surface area (Å²) >= 11 is 3.31. The van der Waals surface area contributed by atoms with Gasteiger partial charge in [0.25, 0.3) is 5.56 Å². The Kier molecular flexibility index (Phi) is 5.71. The predicted octanol–water partition coefficient (Wildman–Crippen LogP) is 0.858. The van der Waals surface area contributed by atoms with E-state index in [0.29, 0.717) is 0 Å². The number of benzene rings is 1. The molecule has 2 aromatic rings. The van der Waals surface area contributed by atoms with Crippen LogP contribution in [0.15, 0.2) is 44.4 Å². The molecule has 3 N–H and O–H groups in total. The number of esters is 1. The fraction of sp³-hybridized carbons (Fsp3) is 0.125. The second kappa shape index (κ2) is 7.75. The SMILES string of the molecule is Cn1c(N)c(C(=O)COC(=O)/C=C/c2cccc(Br)c2)c(=O)[nH]c1=O. The van der Waals surface area contributed by atoms with Gasteiger partial charge in [-0.15, -0.1) is 0 Å². The monoisotopic (exact) mass is 407 g/mol. The molecule has 25 heavy (non-hydrogen) atoms. The summed E-state index contributed by atoms with van der Waals surface area (Å²) in [5, 5.41) is 0. The van der Waals surface area contributed by atoms with Crippen LogP contribution in [0.25, 0.3) is 6.08 Å². The molecule has 0 atom stereocenters. The van der Waals surface area contributed by atoms with E-state index >= 15 is 0 Å². The lowest BCUT2D eigenvalue weighted by Crippen LogP contribution is -2.35. The second-order valence-electron chi connectivity index (χ2n) is 5.00. The van der Waals surface area contributed by atoms with Gasteiger partial charge in [-0.3, -0.25) is 19.1 Å². The number of H-pyrrole nitrogens is 1. The number of Topliss-reactive ketones (excluding diaryl/α,β-unsaturated/α-hetero) is 1. The van der Waals surface area contributed by atoms with Crippen molar-refractivity contribution in [3.8, 4) is 0 Å². The number of nitrogen functional groups attached to an aromatic ring is 1. The number of aromatic nitrogens is 2. The number of halogens is 1. The molecule has 2 rings (SSSR count). The molecule has 0 bridgehead atoms. The lowest BCUT2D eigenvalue weighted by atomic mass is 10.2. The maximum atomic E-state index is 12.1. The van der Waals surface area contributed by atoms with Crippen molar-refractivity contribution in [2.75, 3.05) is 12.3 Å². The molecule has 0 unspecified atom stereocenters. The molecule has 0 aliphatic rings. The van der Waals surface area contributed by atoms with Gasteiger partial charge in [-0.1, -0.05) is 28.1 Å². The third-order valence-electron chi connectivity index (χ3n) is 3.25. The second-order valence-corrected chi connectivity index (χ2v) is 5.91. The summed E-state index contributed by atoms with van der Waals surface area (Å²) < 4.78 is 6.58. The van der Waals surface area contributed by atoms with Crippen molar-refractivity contribution in [1.29, 1.82) is 0 Å². The molecule has 0 amide bonds. The predicted molar refractivity (Wildman–Crippen MR) is 95.2 cm³/mol. The van der Waals surface area contributed by atoms with E-state index in [-0.39, 0.29) is 5.82 Å². The van der Waals surface area contributed by atoms with Crippen LogP contribution in [0.1, 0.15) is 15.9 Å². The average molecular weight is 408 g/mol. The Bertz CT molecular complexity index is 974. The summed E-state index contributed by atoms with van der Waals surface area (Å²) in [5.74, 6) is -1.86. The van der Waals surface area contributed by atoms with Crippen LogP contribution >= 0.6 is 15.9 Å². The number of rotatable bonds is 5. The zero-order valence-corrected chi connectivity index (χ0v) is 14.7. The Morgan fingerprint density at radius 1 is 1.36 bits per heavy atom. The van der Waals surface area contributed by atoms with Crippen molar-refractivity contribution in [2.24, 2.45) is 7.05 Å². The van der Waals surface area contributed by atoms with Crippen molar-refractivity contribution < 1.29 is 14.3 Å². The number of aromatic amines is 1. The molecule has 1 aromatic carbocycles.